The van der Waals surface area contributed by atoms with Crippen molar-refractivity contribution in [3.63, 3.8) is 0 Å². The first-order chi connectivity index (χ1) is 7.11. The normalized spacial score (nSPS) is 29.4. The minimum atomic E-state index is 0.315. The van der Waals surface area contributed by atoms with Crippen LogP contribution >= 0.6 is 0 Å². The van der Waals surface area contributed by atoms with Gasteiger partial charge in [-0.2, -0.15) is 0 Å². The summed E-state index contributed by atoms with van der Waals surface area (Å²) >= 11 is 0. The van der Waals surface area contributed by atoms with Crippen LogP contribution in [-0.2, 0) is 0 Å². The third-order valence-electron chi connectivity index (χ3n) is 3.65. The van der Waals surface area contributed by atoms with Gasteiger partial charge in [0.25, 0.3) is 0 Å². The summed E-state index contributed by atoms with van der Waals surface area (Å²) in [5.74, 6) is 0. The van der Waals surface area contributed by atoms with E-state index in [1.807, 2.05) is 0 Å². The molecule has 2 atom stereocenters. The fraction of sp³-hybridized carbons (Fsp3) is 1.00. The molecule has 96 valence electrons. The highest BCUT2D eigenvalue weighted by atomic mass is 15.2. The van der Waals surface area contributed by atoms with Gasteiger partial charge in [0.2, 0.25) is 0 Å². The quantitative estimate of drug-likeness (QED) is 0.636. The van der Waals surface area contributed by atoms with E-state index in [9.17, 15) is 0 Å². The molecule has 0 amide bonds. The molecule has 1 aliphatic heterocycles. The van der Waals surface area contributed by atoms with Crippen molar-refractivity contribution in [1.29, 1.82) is 0 Å². The highest BCUT2D eigenvalue weighted by Gasteiger charge is 2.36. The van der Waals surface area contributed by atoms with E-state index in [1.165, 1.54) is 25.7 Å². The SMILES string of the molecule is CC1CCCC(CC(C)(C)C)N1C(C)(C)C. The Labute approximate surface area is 103 Å². The van der Waals surface area contributed by atoms with Crippen LogP contribution in [0.25, 0.3) is 0 Å². The largest absolute Gasteiger partial charge is 0.293 e. The van der Waals surface area contributed by atoms with Gasteiger partial charge in [-0.3, -0.25) is 4.90 Å². The van der Waals surface area contributed by atoms with E-state index in [0.717, 1.165) is 12.1 Å². The first-order valence-electron chi connectivity index (χ1n) is 6.90. The van der Waals surface area contributed by atoms with Crippen molar-refractivity contribution < 1.29 is 0 Å². The van der Waals surface area contributed by atoms with E-state index in [0.29, 0.717) is 11.0 Å². The lowest BCUT2D eigenvalue weighted by molar-refractivity contribution is -0.00828. The maximum atomic E-state index is 2.77. The topological polar surface area (TPSA) is 3.24 Å². The van der Waals surface area contributed by atoms with E-state index >= 15 is 0 Å². The molecule has 1 aliphatic rings. The van der Waals surface area contributed by atoms with Crippen molar-refractivity contribution in [1.82, 2.24) is 4.90 Å². The minimum Gasteiger partial charge on any atom is -0.293 e. The summed E-state index contributed by atoms with van der Waals surface area (Å²) in [6, 6.07) is 1.53. The second kappa shape index (κ2) is 4.68. The molecule has 16 heavy (non-hydrogen) atoms. The van der Waals surface area contributed by atoms with Gasteiger partial charge >= 0.3 is 0 Å². The molecule has 1 saturated heterocycles. The molecule has 0 radical (unpaired) electrons. The summed E-state index contributed by atoms with van der Waals surface area (Å²) in [4.78, 5) is 2.77. The van der Waals surface area contributed by atoms with Crippen LogP contribution in [0.15, 0.2) is 0 Å². The number of likely N-dealkylation sites (tertiary alicyclic amines) is 1. The first-order valence-corrected chi connectivity index (χ1v) is 6.90. The molecule has 1 nitrogen and oxygen atoms in total. The third-order valence-corrected chi connectivity index (χ3v) is 3.65. The van der Waals surface area contributed by atoms with Crippen LogP contribution < -0.4 is 0 Å². The Morgan fingerprint density at radius 2 is 1.56 bits per heavy atom. The lowest BCUT2D eigenvalue weighted by Crippen LogP contribution is -2.55. The average molecular weight is 225 g/mol. The summed E-state index contributed by atoms with van der Waals surface area (Å²) in [6.45, 7) is 16.6. The maximum Gasteiger partial charge on any atom is 0.0130 e. The number of nitrogens with zero attached hydrogens (tertiary/aromatic N) is 1. The van der Waals surface area contributed by atoms with E-state index < -0.39 is 0 Å². The predicted octanol–water partition coefficient (Wildman–Crippen LogP) is 4.46. The Morgan fingerprint density at radius 3 is 2.00 bits per heavy atom. The monoisotopic (exact) mass is 225 g/mol. The van der Waals surface area contributed by atoms with Crippen LogP contribution in [0.2, 0.25) is 0 Å². The van der Waals surface area contributed by atoms with Gasteiger partial charge in [-0.1, -0.05) is 27.2 Å². The number of hydrogen-bond donors (Lipinski definition) is 0. The molecule has 1 rings (SSSR count). The summed E-state index contributed by atoms with van der Waals surface area (Å²) in [7, 11) is 0. The van der Waals surface area contributed by atoms with E-state index in [2.05, 4.69) is 53.4 Å². The number of hydrogen-bond acceptors (Lipinski definition) is 1. The van der Waals surface area contributed by atoms with Crippen LogP contribution in [0.5, 0.6) is 0 Å². The molecule has 1 fully saturated rings. The van der Waals surface area contributed by atoms with Gasteiger partial charge in [0.05, 0.1) is 0 Å². The minimum absolute atomic E-state index is 0.315. The van der Waals surface area contributed by atoms with Crippen LogP contribution in [-0.4, -0.2) is 22.5 Å². The lowest BCUT2D eigenvalue weighted by Gasteiger charge is -2.50. The molecule has 0 spiro atoms. The first kappa shape index (κ1) is 14.0. The zero-order valence-electron chi connectivity index (χ0n) is 12.4. The van der Waals surface area contributed by atoms with E-state index in [4.69, 9.17) is 0 Å². The highest BCUT2D eigenvalue weighted by Crippen LogP contribution is 2.36. The van der Waals surface area contributed by atoms with Crippen LogP contribution in [0, 0.1) is 5.41 Å². The molecule has 0 aromatic rings. The Kier molecular flexibility index (Phi) is 4.10. The van der Waals surface area contributed by atoms with Crippen LogP contribution in [0.1, 0.15) is 74.1 Å². The molecule has 0 aliphatic carbocycles. The predicted molar refractivity (Wildman–Crippen MR) is 72.8 cm³/mol. The van der Waals surface area contributed by atoms with Crippen molar-refractivity contribution >= 4 is 0 Å². The maximum absolute atomic E-state index is 2.77. The molecular weight excluding hydrogens is 194 g/mol. The molecule has 1 heteroatoms. The zero-order chi connectivity index (χ0) is 12.6. The number of piperidine rings is 1. The number of rotatable bonds is 1. The van der Waals surface area contributed by atoms with Gasteiger partial charge in [0, 0.05) is 17.6 Å². The van der Waals surface area contributed by atoms with Crippen LogP contribution in [0.3, 0.4) is 0 Å². The fourth-order valence-electron chi connectivity index (χ4n) is 3.40. The van der Waals surface area contributed by atoms with Crippen molar-refractivity contribution in [2.45, 2.75) is 91.8 Å². The fourth-order valence-corrected chi connectivity index (χ4v) is 3.40. The van der Waals surface area contributed by atoms with Gasteiger partial charge in [-0.15, -0.1) is 0 Å². The van der Waals surface area contributed by atoms with Gasteiger partial charge < -0.3 is 0 Å². The average Bonchev–Trinajstić information content (AvgIpc) is 1.97. The molecule has 0 N–H and O–H groups in total. The Bertz CT molecular complexity index is 219. The molecular formula is C15H31N. The Morgan fingerprint density at radius 1 is 1.00 bits per heavy atom. The van der Waals surface area contributed by atoms with E-state index in [1.54, 1.807) is 0 Å². The van der Waals surface area contributed by atoms with E-state index in [-0.39, 0.29) is 0 Å². The lowest BCUT2D eigenvalue weighted by atomic mass is 9.81. The Hall–Kier alpha value is -0.0400. The zero-order valence-corrected chi connectivity index (χ0v) is 12.4. The highest BCUT2D eigenvalue weighted by molar-refractivity contribution is 4.92. The molecule has 0 saturated carbocycles. The van der Waals surface area contributed by atoms with Crippen molar-refractivity contribution in [3.05, 3.63) is 0 Å². The molecule has 0 aromatic heterocycles. The van der Waals surface area contributed by atoms with Gasteiger partial charge in [0.15, 0.2) is 0 Å². The van der Waals surface area contributed by atoms with Gasteiger partial charge in [-0.25, -0.2) is 0 Å². The molecule has 1 heterocycles. The third kappa shape index (κ3) is 3.76. The second-order valence-corrected chi connectivity index (χ2v) is 7.78. The van der Waals surface area contributed by atoms with Crippen LogP contribution in [0.4, 0.5) is 0 Å². The molecule has 0 aromatic carbocycles. The summed E-state index contributed by atoms with van der Waals surface area (Å²) in [5, 5.41) is 0. The smallest absolute Gasteiger partial charge is 0.0130 e. The van der Waals surface area contributed by atoms with Gasteiger partial charge in [0.1, 0.15) is 0 Å². The van der Waals surface area contributed by atoms with Gasteiger partial charge in [-0.05, 0) is 52.4 Å². The molecule has 0 bridgehead atoms. The van der Waals surface area contributed by atoms with Crippen molar-refractivity contribution in [2.24, 2.45) is 5.41 Å². The Balaban J connectivity index is 2.79. The standard InChI is InChI=1S/C15H31N/c1-12-9-8-10-13(11-14(2,3)4)16(12)15(5,6)7/h12-13H,8-11H2,1-7H3. The summed E-state index contributed by atoms with van der Waals surface area (Å²) < 4.78 is 0. The summed E-state index contributed by atoms with van der Waals surface area (Å²) in [6.07, 6.45) is 5.50. The van der Waals surface area contributed by atoms with Crippen molar-refractivity contribution in [2.75, 3.05) is 0 Å². The second-order valence-electron chi connectivity index (χ2n) is 7.78. The molecule has 2 unspecified atom stereocenters. The van der Waals surface area contributed by atoms with Crippen molar-refractivity contribution in [3.8, 4) is 0 Å². The summed E-state index contributed by atoms with van der Waals surface area (Å²) in [5.41, 5.74) is 0.765.